The van der Waals surface area contributed by atoms with Crippen molar-refractivity contribution in [3.8, 4) is 0 Å². The van der Waals surface area contributed by atoms with Crippen LogP contribution in [0.3, 0.4) is 0 Å². The van der Waals surface area contributed by atoms with Gasteiger partial charge in [0.25, 0.3) is 0 Å². The lowest BCUT2D eigenvalue weighted by molar-refractivity contribution is 0.411. The zero-order chi connectivity index (χ0) is 11.4. The summed E-state index contributed by atoms with van der Waals surface area (Å²) in [5, 5.41) is 3.45. The van der Waals surface area contributed by atoms with Crippen molar-refractivity contribution in [3.05, 3.63) is 29.6 Å². The third-order valence-electron chi connectivity index (χ3n) is 3.82. The predicted octanol–water partition coefficient (Wildman–Crippen LogP) is 3.23. The van der Waals surface area contributed by atoms with Gasteiger partial charge in [-0.25, -0.2) is 0 Å². The Morgan fingerprint density at radius 2 is 2.19 bits per heavy atom. The van der Waals surface area contributed by atoms with Gasteiger partial charge in [0, 0.05) is 17.9 Å². The van der Waals surface area contributed by atoms with Crippen LogP contribution in [0.15, 0.2) is 18.3 Å². The molecule has 0 saturated heterocycles. The van der Waals surface area contributed by atoms with Gasteiger partial charge in [-0.05, 0) is 37.9 Å². The standard InChI is InChI=1S/C14H22N2/c1-11-13(8-5-9-16-11)14(15-2)10-12-6-3-4-7-12/h5,8-9,12,14-15H,3-4,6-7,10H2,1-2H3. The molecule has 1 saturated carbocycles. The minimum Gasteiger partial charge on any atom is -0.313 e. The molecule has 1 aromatic rings. The Morgan fingerprint density at radius 3 is 2.81 bits per heavy atom. The van der Waals surface area contributed by atoms with Crippen LogP contribution in [0, 0.1) is 12.8 Å². The van der Waals surface area contributed by atoms with Crippen molar-refractivity contribution in [2.75, 3.05) is 7.05 Å². The van der Waals surface area contributed by atoms with Crippen molar-refractivity contribution in [1.82, 2.24) is 10.3 Å². The topological polar surface area (TPSA) is 24.9 Å². The van der Waals surface area contributed by atoms with E-state index in [0.29, 0.717) is 6.04 Å². The minimum absolute atomic E-state index is 0.483. The average molecular weight is 218 g/mol. The maximum Gasteiger partial charge on any atom is 0.0420 e. The fourth-order valence-corrected chi connectivity index (χ4v) is 2.84. The fourth-order valence-electron chi connectivity index (χ4n) is 2.84. The second-order valence-corrected chi connectivity index (χ2v) is 4.91. The number of hydrogen-bond donors (Lipinski definition) is 1. The highest BCUT2D eigenvalue weighted by molar-refractivity contribution is 5.22. The second-order valence-electron chi connectivity index (χ2n) is 4.91. The highest BCUT2D eigenvalue weighted by atomic mass is 14.9. The molecule has 1 heterocycles. The van der Waals surface area contributed by atoms with Gasteiger partial charge in [-0.2, -0.15) is 0 Å². The summed E-state index contributed by atoms with van der Waals surface area (Å²) in [6, 6.07) is 4.73. The Balaban J connectivity index is 2.06. The third-order valence-corrected chi connectivity index (χ3v) is 3.82. The molecule has 1 unspecified atom stereocenters. The second kappa shape index (κ2) is 5.44. The van der Waals surface area contributed by atoms with E-state index < -0.39 is 0 Å². The predicted molar refractivity (Wildman–Crippen MR) is 67.3 cm³/mol. The highest BCUT2D eigenvalue weighted by Gasteiger charge is 2.21. The monoisotopic (exact) mass is 218 g/mol. The van der Waals surface area contributed by atoms with Crippen LogP contribution in [0.1, 0.15) is 49.4 Å². The summed E-state index contributed by atoms with van der Waals surface area (Å²) in [5.74, 6) is 0.914. The first-order valence-corrected chi connectivity index (χ1v) is 6.40. The molecule has 2 nitrogen and oxygen atoms in total. The van der Waals surface area contributed by atoms with Crippen molar-refractivity contribution < 1.29 is 0 Å². The van der Waals surface area contributed by atoms with Crippen LogP contribution in [0.5, 0.6) is 0 Å². The first-order chi connectivity index (χ1) is 7.81. The number of pyridine rings is 1. The Kier molecular flexibility index (Phi) is 3.94. The summed E-state index contributed by atoms with van der Waals surface area (Å²) in [4.78, 5) is 4.38. The van der Waals surface area contributed by atoms with Crippen LogP contribution < -0.4 is 5.32 Å². The van der Waals surface area contributed by atoms with Crippen LogP contribution in [0.4, 0.5) is 0 Å². The van der Waals surface area contributed by atoms with Gasteiger partial charge in [0.05, 0.1) is 0 Å². The largest absolute Gasteiger partial charge is 0.313 e. The van der Waals surface area contributed by atoms with Crippen LogP contribution in [0.25, 0.3) is 0 Å². The van der Waals surface area contributed by atoms with Gasteiger partial charge in [0.1, 0.15) is 0 Å². The normalized spacial score (nSPS) is 18.9. The molecule has 1 N–H and O–H groups in total. The smallest absolute Gasteiger partial charge is 0.0420 e. The summed E-state index contributed by atoms with van der Waals surface area (Å²) >= 11 is 0. The van der Waals surface area contributed by atoms with E-state index in [2.05, 4.69) is 30.3 Å². The third kappa shape index (κ3) is 2.62. The summed E-state index contributed by atoms with van der Waals surface area (Å²) in [6.45, 7) is 2.11. The Morgan fingerprint density at radius 1 is 1.44 bits per heavy atom. The molecular weight excluding hydrogens is 196 g/mol. The van der Waals surface area contributed by atoms with Crippen molar-refractivity contribution >= 4 is 0 Å². The van der Waals surface area contributed by atoms with Crippen LogP contribution in [0.2, 0.25) is 0 Å². The summed E-state index contributed by atoms with van der Waals surface area (Å²) in [5.41, 5.74) is 2.54. The molecule has 1 aliphatic rings. The van der Waals surface area contributed by atoms with E-state index in [1.54, 1.807) is 0 Å². The van der Waals surface area contributed by atoms with Gasteiger partial charge in [0.2, 0.25) is 0 Å². The first-order valence-electron chi connectivity index (χ1n) is 6.40. The van der Waals surface area contributed by atoms with Crippen molar-refractivity contribution in [2.45, 2.75) is 45.1 Å². The van der Waals surface area contributed by atoms with Gasteiger partial charge >= 0.3 is 0 Å². The van der Waals surface area contributed by atoms with E-state index in [4.69, 9.17) is 0 Å². The Bertz CT molecular complexity index is 329. The SMILES string of the molecule is CNC(CC1CCCC1)c1cccnc1C. The number of nitrogens with zero attached hydrogens (tertiary/aromatic N) is 1. The van der Waals surface area contributed by atoms with E-state index in [-0.39, 0.29) is 0 Å². The van der Waals surface area contributed by atoms with Crippen LogP contribution in [-0.2, 0) is 0 Å². The summed E-state index contributed by atoms with van der Waals surface area (Å²) in [6.07, 6.45) is 8.82. The molecule has 2 heteroatoms. The molecule has 1 atom stereocenters. The molecule has 0 radical (unpaired) electrons. The molecule has 0 bridgehead atoms. The lowest BCUT2D eigenvalue weighted by atomic mass is 9.93. The highest BCUT2D eigenvalue weighted by Crippen LogP contribution is 2.33. The quantitative estimate of drug-likeness (QED) is 0.839. The lowest BCUT2D eigenvalue weighted by Crippen LogP contribution is -2.20. The van der Waals surface area contributed by atoms with E-state index in [1.807, 2.05) is 12.3 Å². The number of aryl methyl sites for hydroxylation is 1. The fraction of sp³-hybridized carbons (Fsp3) is 0.643. The Hall–Kier alpha value is -0.890. The zero-order valence-corrected chi connectivity index (χ0v) is 10.4. The number of aromatic nitrogens is 1. The molecule has 0 amide bonds. The van der Waals surface area contributed by atoms with Crippen LogP contribution >= 0.6 is 0 Å². The molecule has 16 heavy (non-hydrogen) atoms. The molecule has 2 rings (SSSR count). The van der Waals surface area contributed by atoms with Gasteiger partial charge < -0.3 is 5.32 Å². The minimum atomic E-state index is 0.483. The average Bonchev–Trinajstić information content (AvgIpc) is 2.80. The van der Waals surface area contributed by atoms with Crippen molar-refractivity contribution in [3.63, 3.8) is 0 Å². The first kappa shape index (κ1) is 11.6. The van der Waals surface area contributed by atoms with E-state index in [9.17, 15) is 0 Å². The van der Waals surface area contributed by atoms with E-state index in [0.717, 1.165) is 5.92 Å². The van der Waals surface area contributed by atoms with Crippen molar-refractivity contribution in [2.24, 2.45) is 5.92 Å². The Labute approximate surface area is 98.5 Å². The molecule has 0 aromatic carbocycles. The molecule has 1 aliphatic carbocycles. The summed E-state index contributed by atoms with van der Waals surface area (Å²) < 4.78 is 0. The maximum absolute atomic E-state index is 4.38. The van der Waals surface area contributed by atoms with E-state index in [1.165, 1.54) is 43.4 Å². The molecular formula is C14H22N2. The van der Waals surface area contributed by atoms with Crippen molar-refractivity contribution in [1.29, 1.82) is 0 Å². The van der Waals surface area contributed by atoms with Gasteiger partial charge in [0.15, 0.2) is 0 Å². The molecule has 1 aromatic heterocycles. The molecule has 0 spiro atoms. The molecule has 0 aliphatic heterocycles. The van der Waals surface area contributed by atoms with Gasteiger partial charge in [-0.3, -0.25) is 4.98 Å². The number of nitrogens with one attached hydrogen (secondary N) is 1. The van der Waals surface area contributed by atoms with Gasteiger partial charge in [-0.15, -0.1) is 0 Å². The number of rotatable bonds is 4. The molecule has 88 valence electrons. The summed E-state index contributed by atoms with van der Waals surface area (Å²) in [7, 11) is 2.06. The maximum atomic E-state index is 4.38. The van der Waals surface area contributed by atoms with Crippen LogP contribution in [-0.4, -0.2) is 12.0 Å². The zero-order valence-electron chi connectivity index (χ0n) is 10.4. The number of hydrogen-bond acceptors (Lipinski definition) is 2. The van der Waals surface area contributed by atoms with Gasteiger partial charge in [-0.1, -0.05) is 31.7 Å². The lowest BCUT2D eigenvalue weighted by Gasteiger charge is -2.21. The molecule has 1 fully saturated rings. The van der Waals surface area contributed by atoms with E-state index >= 15 is 0 Å².